The molecule has 1 saturated heterocycles. The molecule has 4 heterocycles. The summed E-state index contributed by atoms with van der Waals surface area (Å²) < 4.78 is 5.11. The van der Waals surface area contributed by atoms with Gasteiger partial charge in [-0.2, -0.15) is 0 Å². The Labute approximate surface area is 207 Å². The predicted octanol–water partition coefficient (Wildman–Crippen LogP) is 4.05. The van der Waals surface area contributed by atoms with Gasteiger partial charge in [-0.15, -0.1) is 0 Å². The number of amides is 1. The summed E-state index contributed by atoms with van der Waals surface area (Å²) in [6.07, 6.45) is 7.88. The molecular formula is C27H36N4O4. The van der Waals surface area contributed by atoms with Gasteiger partial charge in [-0.1, -0.05) is 12.1 Å². The zero-order valence-corrected chi connectivity index (χ0v) is 20.7. The van der Waals surface area contributed by atoms with Gasteiger partial charge in [-0.05, 0) is 75.0 Å². The summed E-state index contributed by atoms with van der Waals surface area (Å²) in [6.45, 7) is 3.73. The second kappa shape index (κ2) is 11.5. The van der Waals surface area contributed by atoms with Crippen LogP contribution in [0.5, 0.6) is 5.88 Å². The average Bonchev–Trinajstić information content (AvgIpc) is 3.14. The van der Waals surface area contributed by atoms with Crippen LogP contribution in [0.3, 0.4) is 0 Å². The number of ether oxygens (including phenoxy) is 1. The summed E-state index contributed by atoms with van der Waals surface area (Å²) in [4.78, 5) is 35.5. The van der Waals surface area contributed by atoms with Crippen molar-refractivity contribution in [3.8, 4) is 5.88 Å². The highest BCUT2D eigenvalue weighted by atomic mass is 16.5. The van der Waals surface area contributed by atoms with Gasteiger partial charge in [0.2, 0.25) is 11.8 Å². The Morgan fingerprint density at radius 1 is 1.31 bits per heavy atom. The number of hydrogen-bond donors (Lipinski definition) is 2. The first-order valence-corrected chi connectivity index (χ1v) is 12.7. The summed E-state index contributed by atoms with van der Waals surface area (Å²) in [5.41, 5.74) is 3.21. The number of aliphatic carboxylic acids is 1. The van der Waals surface area contributed by atoms with E-state index >= 15 is 0 Å². The van der Waals surface area contributed by atoms with Gasteiger partial charge in [0.05, 0.1) is 13.5 Å². The van der Waals surface area contributed by atoms with Gasteiger partial charge in [0, 0.05) is 43.0 Å². The second-order valence-corrected chi connectivity index (χ2v) is 9.76. The van der Waals surface area contributed by atoms with Crippen LogP contribution in [0, 0.1) is 5.92 Å². The van der Waals surface area contributed by atoms with Gasteiger partial charge < -0.3 is 20.1 Å². The summed E-state index contributed by atoms with van der Waals surface area (Å²) in [6, 6.07) is 8.10. The number of carboxylic acid groups (broad SMARTS) is 1. The summed E-state index contributed by atoms with van der Waals surface area (Å²) >= 11 is 0. The van der Waals surface area contributed by atoms with Crippen LogP contribution in [0.4, 0.5) is 5.82 Å². The van der Waals surface area contributed by atoms with E-state index in [0.717, 1.165) is 62.1 Å². The van der Waals surface area contributed by atoms with Crippen LogP contribution in [0.15, 0.2) is 30.5 Å². The fourth-order valence-electron chi connectivity index (χ4n) is 5.35. The Hall–Kier alpha value is -3.16. The van der Waals surface area contributed by atoms with E-state index in [4.69, 9.17) is 9.72 Å². The standard InChI is InChI=1S/C27H36N4O4/c1-18-15-21(8-11-23-10-7-19-5-3-13-28-26(19)30-23)27(34)31(18)14-4-6-20(16-25(32)33)22-9-12-24(35-2)29-17-22/h7,9-10,12,17-18,20-21H,3-6,8,11,13-16H2,1-2H3,(H,28,30)(H,32,33)/t18-,20-,21+/m1/s1. The number of methoxy groups -OCH3 is 1. The molecule has 0 bridgehead atoms. The molecule has 2 aliphatic heterocycles. The van der Waals surface area contributed by atoms with Gasteiger partial charge in [-0.25, -0.2) is 9.97 Å². The minimum absolute atomic E-state index is 0.0244. The highest BCUT2D eigenvalue weighted by Gasteiger charge is 2.36. The van der Waals surface area contributed by atoms with Crippen molar-refractivity contribution < 1.29 is 19.4 Å². The van der Waals surface area contributed by atoms with E-state index in [1.165, 1.54) is 5.56 Å². The zero-order valence-electron chi connectivity index (χ0n) is 20.7. The molecule has 2 aromatic rings. The van der Waals surface area contributed by atoms with Crippen molar-refractivity contribution in [1.29, 1.82) is 0 Å². The van der Waals surface area contributed by atoms with Crippen LogP contribution in [-0.4, -0.2) is 58.1 Å². The third-order valence-corrected chi connectivity index (χ3v) is 7.30. The van der Waals surface area contributed by atoms with Crippen molar-refractivity contribution in [2.45, 2.75) is 70.3 Å². The number of rotatable bonds is 11. The van der Waals surface area contributed by atoms with Crippen LogP contribution in [0.2, 0.25) is 0 Å². The first kappa shape index (κ1) is 24.9. The van der Waals surface area contributed by atoms with Gasteiger partial charge in [0.1, 0.15) is 5.82 Å². The predicted molar refractivity (Wildman–Crippen MR) is 134 cm³/mol. The number of carboxylic acids is 1. The Morgan fingerprint density at radius 3 is 2.91 bits per heavy atom. The normalized spacial score (nSPS) is 20.3. The van der Waals surface area contributed by atoms with E-state index in [0.29, 0.717) is 18.8 Å². The van der Waals surface area contributed by atoms with Crippen LogP contribution in [0.25, 0.3) is 0 Å². The number of aryl methyl sites for hydroxylation is 2. The smallest absolute Gasteiger partial charge is 0.303 e. The average molecular weight is 481 g/mol. The SMILES string of the molecule is COc1ccc([C@H](CCCN2C(=O)[C@@H](CCc3ccc4c(n3)NCCC4)C[C@H]2C)CC(=O)O)cn1. The number of pyridine rings is 2. The topological polar surface area (TPSA) is 105 Å². The molecule has 1 amide bonds. The molecule has 8 heteroatoms. The molecule has 8 nitrogen and oxygen atoms in total. The van der Waals surface area contributed by atoms with E-state index in [1.807, 2.05) is 11.0 Å². The van der Waals surface area contributed by atoms with Crippen molar-refractivity contribution >= 4 is 17.7 Å². The Kier molecular flexibility index (Phi) is 8.21. The van der Waals surface area contributed by atoms with Crippen LogP contribution in [-0.2, 0) is 22.4 Å². The number of likely N-dealkylation sites (tertiary alicyclic amines) is 1. The third kappa shape index (κ3) is 6.29. The van der Waals surface area contributed by atoms with E-state index in [2.05, 4.69) is 29.4 Å². The molecule has 2 aliphatic rings. The summed E-state index contributed by atoms with van der Waals surface area (Å²) in [7, 11) is 1.55. The van der Waals surface area contributed by atoms with Gasteiger partial charge in [0.25, 0.3) is 0 Å². The molecule has 188 valence electrons. The molecule has 4 rings (SSSR count). The highest BCUT2D eigenvalue weighted by Crippen LogP contribution is 2.31. The molecule has 0 unspecified atom stereocenters. The van der Waals surface area contributed by atoms with Crippen molar-refractivity contribution in [2.24, 2.45) is 5.92 Å². The minimum Gasteiger partial charge on any atom is -0.481 e. The molecule has 0 saturated carbocycles. The maximum Gasteiger partial charge on any atom is 0.303 e. The number of nitrogens with one attached hydrogen (secondary N) is 1. The summed E-state index contributed by atoms with van der Waals surface area (Å²) in [5, 5.41) is 12.8. The van der Waals surface area contributed by atoms with Crippen LogP contribution < -0.4 is 10.1 Å². The molecule has 3 atom stereocenters. The number of carbonyl (C=O) groups excluding carboxylic acids is 1. The van der Waals surface area contributed by atoms with E-state index < -0.39 is 5.97 Å². The van der Waals surface area contributed by atoms with Crippen LogP contribution >= 0.6 is 0 Å². The first-order chi connectivity index (χ1) is 16.9. The number of aromatic nitrogens is 2. The van der Waals surface area contributed by atoms with Crippen molar-refractivity contribution in [3.05, 3.63) is 47.3 Å². The van der Waals surface area contributed by atoms with Crippen molar-refractivity contribution in [1.82, 2.24) is 14.9 Å². The largest absolute Gasteiger partial charge is 0.481 e. The maximum absolute atomic E-state index is 13.1. The van der Waals surface area contributed by atoms with E-state index in [-0.39, 0.29) is 30.2 Å². The fourth-order valence-corrected chi connectivity index (χ4v) is 5.35. The lowest BCUT2D eigenvalue weighted by Gasteiger charge is -2.23. The second-order valence-electron chi connectivity index (χ2n) is 9.76. The van der Waals surface area contributed by atoms with Gasteiger partial charge >= 0.3 is 5.97 Å². The molecule has 2 aromatic heterocycles. The molecule has 0 spiro atoms. The highest BCUT2D eigenvalue weighted by molar-refractivity contribution is 5.81. The van der Waals surface area contributed by atoms with Crippen molar-refractivity contribution in [3.63, 3.8) is 0 Å². The number of carbonyl (C=O) groups is 2. The molecule has 0 aromatic carbocycles. The molecular weight excluding hydrogens is 444 g/mol. The zero-order chi connectivity index (χ0) is 24.8. The maximum atomic E-state index is 13.1. The number of anilines is 1. The molecule has 0 aliphatic carbocycles. The van der Waals surface area contributed by atoms with E-state index in [1.54, 1.807) is 19.4 Å². The number of fused-ring (bicyclic) bond motifs is 1. The molecule has 0 radical (unpaired) electrons. The fraction of sp³-hybridized carbons (Fsp3) is 0.556. The lowest BCUT2D eigenvalue weighted by molar-refractivity contribution is -0.137. The first-order valence-electron chi connectivity index (χ1n) is 12.7. The Balaban J connectivity index is 1.29. The number of nitrogens with zero attached hydrogens (tertiary/aromatic N) is 3. The molecule has 1 fully saturated rings. The molecule has 35 heavy (non-hydrogen) atoms. The summed E-state index contributed by atoms with van der Waals surface area (Å²) in [5.74, 6) is 0.781. The monoisotopic (exact) mass is 480 g/mol. The van der Waals surface area contributed by atoms with Crippen LogP contribution in [0.1, 0.15) is 68.2 Å². The quantitative estimate of drug-likeness (QED) is 0.500. The Morgan fingerprint density at radius 2 is 2.17 bits per heavy atom. The molecule has 2 N–H and O–H groups in total. The van der Waals surface area contributed by atoms with E-state index in [9.17, 15) is 14.7 Å². The minimum atomic E-state index is -0.831. The van der Waals surface area contributed by atoms with Gasteiger partial charge in [0.15, 0.2) is 0 Å². The lowest BCUT2D eigenvalue weighted by atomic mass is 9.92. The number of hydrogen-bond acceptors (Lipinski definition) is 6. The van der Waals surface area contributed by atoms with Gasteiger partial charge in [-0.3, -0.25) is 9.59 Å². The van der Waals surface area contributed by atoms with Crippen molar-refractivity contribution in [2.75, 3.05) is 25.5 Å². The lowest BCUT2D eigenvalue weighted by Crippen LogP contribution is -2.33. The Bertz CT molecular complexity index is 1030. The third-order valence-electron chi connectivity index (χ3n) is 7.30.